The van der Waals surface area contributed by atoms with Crippen LogP contribution in [0.2, 0.25) is 0 Å². The average molecular weight is 311 g/mol. The molecule has 0 unspecified atom stereocenters. The van der Waals surface area contributed by atoms with Gasteiger partial charge < -0.3 is 9.26 Å². The van der Waals surface area contributed by atoms with E-state index in [0.717, 1.165) is 23.1 Å². The summed E-state index contributed by atoms with van der Waals surface area (Å²) >= 11 is 1.24. The van der Waals surface area contributed by atoms with Gasteiger partial charge in [-0.15, -0.1) is 11.3 Å². The number of rotatable bonds is 3. The van der Waals surface area contributed by atoms with Crippen molar-refractivity contribution in [2.24, 2.45) is 0 Å². The first kappa shape index (κ1) is 13.5. The van der Waals surface area contributed by atoms with Crippen molar-refractivity contribution in [3.8, 4) is 11.3 Å². The van der Waals surface area contributed by atoms with Gasteiger partial charge in [0.2, 0.25) is 0 Å². The van der Waals surface area contributed by atoms with Crippen molar-refractivity contribution in [3.63, 3.8) is 0 Å². The van der Waals surface area contributed by atoms with E-state index in [0.29, 0.717) is 27.8 Å². The van der Waals surface area contributed by atoms with Crippen LogP contribution in [-0.4, -0.2) is 28.2 Å². The summed E-state index contributed by atoms with van der Waals surface area (Å²) in [5.74, 6) is -0.350. The minimum absolute atomic E-state index is 0.325. The monoisotopic (exact) mass is 311 g/mol. The van der Waals surface area contributed by atoms with Gasteiger partial charge in [-0.05, 0) is 25.3 Å². The fourth-order valence-electron chi connectivity index (χ4n) is 2.38. The predicted molar refractivity (Wildman–Crippen MR) is 75.5 cm³/mol. The second-order valence-electron chi connectivity index (χ2n) is 4.44. The third-order valence-corrected chi connectivity index (χ3v) is 5.91. The Balaban J connectivity index is 2.21. The van der Waals surface area contributed by atoms with Crippen molar-refractivity contribution >= 4 is 28.1 Å². The maximum atomic E-state index is 12.0. The summed E-state index contributed by atoms with van der Waals surface area (Å²) in [7, 11) is -1.18. The molecule has 5 nitrogen and oxygen atoms in total. The lowest BCUT2D eigenvalue weighted by Gasteiger charge is -2.12. The molecule has 2 aromatic rings. The van der Waals surface area contributed by atoms with Crippen LogP contribution in [-0.2, 0) is 28.4 Å². The molecular weight excluding hydrogens is 298 g/mol. The number of nitrogens with zero attached hydrogens (tertiary/aromatic N) is 1. The van der Waals surface area contributed by atoms with Crippen molar-refractivity contribution in [2.75, 3.05) is 12.9 Å². The molecule has 0 aliphatic heterocycles. The van der Waals surface area contributed by atoms with Gasteiger partial charge in [0.15, 0.2) is 0 Å². The van der Waals surface area contributed by atoms with Crippen LogP contribution >= 0.6 is 11.3 Å². The molecule has 0 amide bonds. The molecule has 0 aromatic carbocycles. The Morgan fingerprint density at radius 2 is 2.35 bits per heavy atom. The van der Waals surface area contributed by atoms with E-state index in [4.69, 9.17) is 9.26 Å². The van der Waals surface area contributed by atoms with Crippen LogP contribution in [0, 0.1) is 0 Å². The molecule has 2 aromatic heterocycles. The number of carbonyl (C=O) groups is 1. The molecule has 0 radical (unpaired) electrons. The predicted octanol–water partition coefficient (Wildman–Crippen LogP) is 2.42. The summed E-state index contributed by atoms with van der Waals surface area (Å²) in [6, 6.07) is 0. The van der Waals surface area contributed by atoms with E-state index in [9.17, 15) is 9.00 Å². The minimum Gasteiger partial charge on any atom is -0.462 e. The Kier molecular flexibility index (Phi) is 3.47. The molecule has 106 valence electrons. The Hall–Kier alpha value is -1.47. The van der Waals surface area contributed by atoms with E-state index in [2.05, 4.69) is 5.16 Å². The molecule has 0 saturated carbocycles. The second-order valence-corrected chi connectivity index (χ2v) is 7.03. The molecule has 20 heavy (non-hydrogen) atoms. The van der Waals surface area contributed by atoms with Gasteiger partial charge in [-0.2, -0.15) is 0 Å². The van der Waals surface area contributed by atoms with Crippen molar-refractivity contribution in [1.82, 2.24) is 5.16 Å². The number of thiophene rings is 1. The number of aromatic nitrogens is 1. The Morgan fingerprint density at radius 3 is 3.05 bits per heavy atom. The number of carbonyl (C=O) groups excluding carboxylic acids is 1. The highest BCUT2D eigenvalue weighted by molar-refractivity contribution is 7.86. The van der Waals surface area contributed by atoms with Crippen LogP contribution in [0.3, 0.4) is 0 Å². The Labute approximate surface area is 122 Å². The highest BCUT2D eigenvalue weighted by atomic mass is 32.2. The van der Waals surface area contributed by atoms with Crippen LogP contribution in [0.1, 0.15) is 27.7 Å². The van der Waals surface area contributed by atoms with Crippen LogP contribution in [0.25, 0.3) is 11.3 Å². The first-order valence-electron chi connectivity index (χ1n) is 6.23. The lowest BCUT2D eigenvalue weighted by atomic mass is 9.92. The maximum absolute atomic E-state index is 12.0. The number of hydrogen-bond donors (Lipinski definition) is 0. The van der Waals surface area contributed by atoms with Crippen LogP contribution < -0.4 is 0 Å². The molecule has 0 bridgehead atoms. The standard InChI is InChI=1S/C13H13NO4S2/c1-3-17-12(15)11-8-5-4-7-6-18-14-10(7)9(8)13(19-11)20(2)16/h6H,3-5H2,1-2H3/t20-/m1/s1. The zero-order valence-electron chi connectivity index (χ0n) is 11.1. The Bertz CT molecular complexity index is 701. The lowest BCUT2D eigenvalue weighted by Crippen LogP contribution is -2.09. The maximum Gasteiger partial charge on any atom is 0.348 e. The highest BCUT2D eigenvalue weighted by Crippen LogP contribution is 2.43. The summed E-state index contributed by atoms with van der Waals surface area (Å²) in [4.78, 5) is 12.6. The number of esters is 1. The summed E-state index contributed by atoms with van der Waals surface area (Å²) in [5, 5.41) is 4.00. The van der Waals surface area contributed by atoms with Gasteiger partial charge in [-0.3, -0.25) is 4.21 Å². The molecule has 3 rings (SSSR count). The minimum atomic E-state index is -1.18. The molecule has 7 heteroatoms. The van der Waals surface area contributed by atoms with Gasteiger partial charge in [0.05, 0.1) is 17.4 Å². The van der Waals surface area contributed by atoms with Crippen LogP contribution in [0.15, 0.2) is 15.0 Å². The van der Waals surface area contributed by atoms with Gasteiger partial charge in [0, 0.05) is 17.4 Å². The number of aryl methyl sites for hydroxylation is 1. The van der Waals surface area contributed by atoms with E-state index in [1.807, 2.05) is 0 Å². The van der Waals surface area contributed by atoms with E-state index >= 15 is 0 Å². The van der Waals surface area contributed by atoms with Crippen LogP contribution in [0.4, 0.5) is 0 Å². The average Bonchev–Trinajstić information content (AvgIpc) is 3.02. The summed E-state index contributed by atoms with van der Waals surface area (Å²) in [6.07, 6.45) is 4.70. The molecule has 1 aliphatic rings. The van der Waals surface area contributed by atoms with Crippen molar-refractivity contribution in [1.29, 1.82) is 0 Å². The molecule has 0 saturated heterocycles. The van der Waals surface area contributed by atoms with Gasteiger partial charge in [0.25, 0.3) is 0 Å². The second kappa shape index (κ2) is 5.14. The molecule has 1 aliphatic carbocycles. The van der Waals surface area contributed by atoms with E-state index in [1.165, 1.54) is 11.3 Å². The number of fused-ring (bicyclic) bond motifs is 3. The van der Waals surface area contributed by atoms with Gasteiger partial charge in [-0.1, -0.05) is 5.16 Å². The summed E-state index contributed by atoms with van der Waals surface area (Å²) in [5.41, 5.74) is 3.40. The van der Waals surface area contributed by atoms with Crippen molar-refractivity contribution in [3.05, 3.63) is 22.3 Å². The van der Waals surface area contributed by atoms with Crippen LogP contribution in [0.5, 0.6) is 0 Å². The zero-order valence-corrected chi connectivity index (χ0v) is 12.7. The largest absolute Gasteiger partial charge is 0.462 e. The normalized spacial score (nSPS) is 14.5. The SMILES string of the molecule is CCOC(=O)c1sc([S@@](C)=O)c2c1CCc1conc1-2. The summed E-state index contributed by atoms with van der Waals surface area (Å²) in [6.45, 7) is 2.10. The fourth-order valence-corrected chi connectivity index (χ4v) is 4.59. The third kappa shape index (κ3) is 2.01. The quantitative estimate of drug-likeness (QED) is 0.814. The smallest absolute Gasteiger partial charge is 0.348 e. The molecular formula is C13H13NO4S2. The van der Waals surface area contributed by atoms with Gasteiger partial charge in [-0.25, -0.2) is 4.79 Å². The van der Waals surface area contributed by atoms with Gasteiger partial charge >= 0.3 is 5.97 Å². The molecule has 0 spiro atoms. The highest BCUT2D eigenvalue weighted by Gasteiger charge is 2.31. The third-order valence-electron chi connectivity index (χ3n) is 3.22. The molecule has 1 atom stereocenters. The summed E-state index contributed by atoms with van der Waals surface area (Å²) < 4.78 is 22.7. The van der Waals surface area contributed by atoms with Gasteiger partial charge in [0.1, 0.15) is 21.0 Å². The topological polar surface area (TPSA) is 69.4 Å². The van der Waals surface area contributed by atoms with E-state index in [-0.39, 0.29) is 5.97 Å². The number of hydrogen-bond acceptors (Lipinski definition) is 6. The molecule has 2 heterocycles. The fraction of sp³-hybridized carbons (Fsp3) is 0.385. The van der Waals surface area contributed by atoms with E-state index in [1.54, 1.807) is 19.4 Å². The van der Waals surface area contributed by atoms with Crippen molar-refractivity contribution in [2.45, 2.75) is 24.0 Å². The molecule has 0 fully saturated rings. The van der Waals surface area contributed by atoms with Crippen molar-refractivity contribution < 1.29 is 18.3 Å². The Morgan fingerprint density at radius 1 is 1.55 bits per heavy atom. The zero-order chi connectivity index (χ0) is 14.3. The number of ether oxygens (including phenoxy) is 1. The van der Waals surface area contributed by atoms with E-state index < -0.39 is 10.8 Å². The molecule has 0 N–H and O–H groups in total. The first-order chi connectivity index (χ1) is 9.63. The lowest BCUT2D eigenvalue weighted by molar-refractivity contribution is 0.0531. The first-order valence-corrected chi connectivity index (χ1v) is 8.60.